The maximum atomic E-state index is 13.4. The topological polar surface area (TPSA) is 73.5 Å². The molecule has 4 rings (SSSR count). The third-order valence-electron chi connectivity index (χ3n) is 5.99. The van der Waals surface area contributed by atoms with Crippen molar-refractivity contribution >= 4 is 40.8 Å². The SMILES string of the molecule is CC(C)C[C@H]1C(=O)N(Cc2ccc(-c3ccc(=O)[nH]c3)cc2)CCN1C(=O)C=Cc1ccc(Cl)s1. The molecule has 3 aromatic rings. The van der Waals surface area contributed by atoms with Crippen molar-refractivity contribution < 1.29 is 9.59 Å². The molecular formula is C27H28ClN3O3S. The average Bonchev–Trinajstić information content (AvgIpc) is 3.26. The molecular weight excluding hydrogens is 482 g/mol. The number of carbonyl (C=O) groups excluding carboxylic acids is 2. The highest BCUT2D eigenvalue weighted by Gasteiger charge is 2.36. The van der Waals surface area contributed by atoms with Crippen molar-refractivity contribution in [1.82, 2.24) is 14.8 Å². The lowest BCUT2D eigenvalue weighted by Crippen LogP contribution is -2.58. The van der Waals surface area contributed by atoms with E-state index in [0.717, 1.165) is 21.6 Å². The number of hydrogen-bond donors (Lipinski definition) is 1. The zero-order chi connectivity index (χ0) is 24.9. The van der Waals surface area contributed by atoms with E-state index in [9.17, 15) is 14.4 Å². The minimum absolute atomic E-state index is 0.0180. The normalized spacial score (nSPS) is 16.5. The lowest BCUT2D eigenvalue weighted by molar-refractivity contribution is -0.150. The van der Waals surface area contributed by atoms with Crippen LogP contribution in [0.15, 0.2) is 65.6 Å². The van der Waals surface area contributed by atoms with Crippen LogP contribution in [0.1, 0.15) is 30.7 Å². The van der Waals surface area contributed by atoms with Gasteiger partial charge in [-0.1, -0.05) is 49.7 Å². The molecule has 1 saturated heterocycles. The van der Waals surface area contributed by atoms with Crippen LogP contribution in [0.4, 0.5) is 0 Å². The van der Waals surface area contributed by atoms with Gasteiger partial charge in [-0.15, -0.1) is 11.3 Å². The van der Waals surface area contributed by atoms with Gasteiger partial charge in [0, 0.05) is 42.9 Å². The van der Waals surface area contributed by atoms with Crippen molar-refractivity contribution in [2.75, 3.05) is 13.1 Å². The second kappa shape index (κ2) is 11.1. The Hall–Kier alpha value is -3.16. The quantitative estimate of drug-likeness (QED) is 0.453. The van der Waals surface area contributed by atoms with Gasteiger partial charge in [-0.2, -0.15) is 0 Å². The first-order valence-electron chi connectivity index (χ1n) is 11.6. The van der Waals surface area contributed by atoms with Crippen molar-refractivity contribution in [3.05, 3.63) is 85.9 Å². The van der Waals surface area contributed by atoms with Crippen LogP contribution in [0.5, 0.6) is 0 Å². The predicted molar refractivity (Wildman–Crippen MR) is 141 cm³/mol. The number of amides is 2. The van der Waals surface area contributed by atoms with Crippen LogP contribution in [-0.2, 0) is 16.1 Å². The van der Waals surface area contributed by atoms with E-state index >= 15 is 0 Å². The molecule has 1 aliphatic heterocycles. The van der Waals surface area contributed by atoms with Crippen LogP contribution in [0, 0.1) is 5.92 Å². The number of pyridine rings is 1. The molecule has 35 heavy (non-hydrogen) atoms. The molecule has 3 heterocycles. The van der Waals surface area contributed by atoms with E-state index in [-0.39, 0.29) is 23.3 Å². The summed E-state index contributed by atoms with van der Waals surface area (Å²) in [5.74, 6) is 0.102. The molecule has 0 aliphatic carbocycles. The highest BCUT2D eigenvalue weighted by atomic mass is 35.5. The molecule has 1 aliphatic rings. The van der Waals surface area contributed by atoms with Gasteiger partial charge in [0.05, 0.1) is 4.34 Å². The number of thiophene rings is 1. The summed E-state index contributed by atoms with van der Waals surface area (Å²) >= 11 is 7.39. The van der Waals surface area contributed by atoms with Crippen LogP contribution in [0.3, 0.4) is 0 Å². The molecule has 0 unspecified atom stereocenters. The van der Waals surface area contributed by atoms with E-state index in [1.54, 1.807) is 29.3 Å². The molecule has 0 radical (unpaired) electrons. The van der Waals surface area contributed by atoms with Crippen LogP contribution < -0.4 is 5.56 Å². The smallest absolute Gasteiger partial charge is 0.247 e. The number of carbonyl (C=O) groups is 2. The molecule has 2 aromatic heterocycles. The maximum Gasteiger partial charge on any atom is 0.247 e. The summed E-state index contributed by atoms with van der Waals surface area (Å²) in [6.45, 7) is 5.60. The number of benzene rings is 1. The monoisotopic (exact) mass is 509 g/mol. The zero-order valence-electron chi connectivity index (χ0n) is 19.7. The molecule has 0 saturated carbocycles. The van der Waals surface area contributed by atoms with Gasteiger partial charge in [0.25, 0.3) is 0 Å². The molecule has 1 atom stereocenters. The number of nitrogens with zero attached hydrogens (tertiary/aromatic N) is 2. The number of aromatic nitrogens is 1. The minimum Gasteiger partial charge on any atom is -0.335 e. The van der Waals surface area contributed by atoms with Crippen molar-refractivity contribution in [1.29, 1.82) is 0 Å². The molecule has 2 amide bonds. The van der Waals surface area contributed by atoms with Crippen molar-refractivity contribution in [2.24, 2.45) is 5.92 Å². The fraction of sp³-hybridized carbons (Fsp3) is 0.296. The second-order valence-corrected chi connectivity index (χ2v) is 10.8. The molecule has 8 heteroatoms. The van der Waals surface area contributed by atoms with Crippen molar-refractivity contribution in [2.45, 2.75) is 32.9 Å². The number of nitrogens with one attached hydrogen (secondary N) is 1. The van der Waals surface area contributed by atoms with Gasteiger partial charge in [0.1, 0.15) is 6.04 Å². The largest absolute Gasteiger partial charge is 0.335 e. The molecule has 1 N–H and O–H groups in total. The Labute approximate surface area is 213 Å². The van der Waals surface area contributed by atoms with Gasteiger partial charge in [0.2, 0.25) is 17.4 Å². The van der Waals surface area contributed by atoms with E-state index in [1.165, 1.54) is 23.5 Å². The molecule has 1 aromatic carbocycles. The summed E-state index contributed by atoms with van der Waals surface area (Å²) in [4.78, 5) is 44.9. The molecule has 1 fully saturated rings. The number of piperazine rings is 1. The summed E-state index contributed by atoms with van der Waals surface area (Å²) in [5, 5.41) is 0. The standard InChI is InChI=1S/C27H28ClN3O3S/c1-18(2)15-23-27(34)30(13-14-31(23)26(33)12-9-22-8-10-24(28)35-22)17-19-3-5-20(6-4-19)21-7-11-25(32)29-16-21/h3-12,16,18,23H,13-15,17H2,1-2H3,(H,29,32)/t23-/m0/s1. The number of rotatable bonds is 7. The van der Waals surface area contributed by atoms with Gasteiger partial charge in [-0.25, -0.2) is 0 Å². The van der Waals surface area contributed by atoms with E-state index < -0.39 is 6.04 Å². The lowest BCUT2D eigenvalue weighted by atomic mass is 9.98. The average molecular weight is 510 g/mol. The highest BCUT2D eigenvalue weighted by molar-refractivity contribution is 7.17. The van der Waals surface area contributed by atoms with E-state index in [1.807, 2.05) is 35.2 Å². The van der Waals surface area contributed by atoms with Crippen molar-refractivity contribution in [3.8, 4) is 11.1 Å². The third-order valence-corrected chi connectivity index (χ3v) is 7.19. The third kappa shape index (κ3) is 6.29. The van der Waals surface area contributed by atoms with Crippen LogP contribution in [0.2, 0.25) is 4.34 Å². The fourth-order valence-corrected chi connectivity index (χ4v) is 5.18. The number of hydrogen-bond acceptors (Lipinski definition) is 4. The van der Waals surface area contributed by atoms with Gasteiger partial charge < -0.3 is 14.8 Å². The lowest BCUT2D eigenvalue weighted by Gasteiger charge is -2.41. The maximum absolute atomic E-state index is 13.4. The Morgan fingerprint density at radius 2 is 1.83 bits per heavy atom. The molecule has 6 nitrogen and oxygen atoms in total. The fourth-order valence-electron chi connectivity index (χ4n) is 4.21. The van der Waals surface area contributed by atoms with Gasteiger partial charge in [0.15, 0.2) is 0 Å². The second-order valence-electron chi connectivity index (χ2n) is 9.05. The Kier molecular flexibility index (Phi) is 7.88. The summed E-state index contributed by atoms with van der Waals surface area (Å²) in [6, 6.07) is 14.4. The first-order valence-corrected chi connectivity index (χ1v) is 12.8. The number of halogens is 1. The van der Waals surface area contributed by atoms with E-state index in [4.69, 9.17) is 11.6 Å². The van der Waals surface area contributed by atoms with Crippen LogP contribution in [-0.4, -0.2) is 45.7 Å². The van der Waals surface area contributed by atoms with E-state index in [0.29, 0.717) is 30.4 Å². The highest BCUT2D eigenvalue weighted by Crippen LogP contribution is 2.25. The first-order chi connectivity index (χ1) is 16.8. The van der Waals surface area contributed by atoms with E-state index in [2.05, 4.69) is 18.8 Å². The first kappa shape index (κ1) is 24.9. The summed E-state index contributed by atoms with van der Waals surface area (Å²) < 4.78 is 0.672. The Balaban J connectivity index is 1.45. The number of H-pyrrole nitrogens is 1. The zero-order valence-corrected chi connectivity index (χ0v) is 21.3. The van der Waals surface area contributed by atoms with Gasteiger partial charge >= 0.3 is 0 Å². The molecule has 0 spiro atoms. The Morgan fingerprint density at radius 1 is 1.09 bits per heavy atom. The van der Waals surface area contributed by atoms with Crippen LogP contribution >= 0.6 is 22.9 Å². The number of aromatic amines is 1. The minimum atomic E-state index is -0.478. The Morgan fingerprint density at radius 3 is 2.46 bits per heavy atom. The Bertz CT molecular complexity index is 1260. The summed E-state index contributed by atoms with van der Waals surface area (Å²) in [7, 11) is 0. The molecule has 0 bridgehead atoms. The molecule has 182 valence electrons. The summed E-state index contributed by atoms with van der Waals surface area (Å²) in [6.07, 6.45) is 5.60. The predicted octanol–water partition coefficient (Wildman–Crippen LogP) is 5.06. The van der Waals surface area contributed by atoms with Gasteiger partial charge in [-0.3, -0.25) is 14.4 Å². The van der Waals surface area contributed by atoms with Crippen molar-refractivity contribution in [3.63, 3.8) is 0 Å². The van der Waals surface area contributed by atoms with Crippen LogP contribution in [0.25, 0.3) is 17.2 Å². The van der Waals surface area contributed by atoms with Gasteiger partial charge in [-0.05, 0) is 53.3 Å². The summed E-state index contributed by atoms with van der Waals surface area (Å²) in [5.41, 5.74) is 2.80.